The van der Waals surface area contributed by atoms with Crippen molar-refractivity contribution in [2.24, 2.45) is 0 Å². The molecule has 0 aliphatic carbocycles. The average molecular weight is 351 g/mol. The standard InChI is InChI=1S/C17H25N3O3S/c21-17(18-14-16-8-4-13-24(16,22)23)20-10-5-9-19(11-12-20)15-6-2-1-3-7-15/h1-3,6-7,16H,4-5,8-14H2,(H,18,21). The van der Waals surface area contributed by atoms with Gasteiger partial charge in [0.2, 0.25) is 0 Å². The zero-order valence-electron chi connectivity index (χ0n) is 13.9. The SMILES string of the molecule is O=C(NCC1CCCS1(=O)=O)N1CCCN(c2ccccc2)CC1. The lowest BCUT2D eigenvalue weighted by Gasteiger charge is -2.24. The molecule has 2 saturated heterocycles. The topological polar surface area (TPSA) is 69.7 Å². The summed E-state index contributed by atoms with van der Waals surface area (Å²) in [5.41, 5.74) is 1.18. The summed E-state index contributed by atoms with van der Waals surface area (Å²) >= 11 is 0. The minimum Gasteiger partial charge on any atom is -0.370 e. The molecule has 0 saturated carbocycles. The molecule has 1 aromatic carbocycles. The van der Waals surface area contributed by atoms with Crippen LogP contribution in [-0.4, -0.2) is 63.1 Å². The highest BCUT2D eigenvalue weighted by molar-refractivity contribution is 7.92. The highest BCUT2D eigenvalue weighted by Gasteiger charge is 2.31. The van der Waals surface area contributed by atoms with Gasteiger partial charge in [0.05, 0.1) is 11.0 Å². The largest absolute Gasteiger partial charge is 0.370 e. The number of urea groups is 1. The molecule has 0 aromatic heterocycles. The number of nitrogens with zero attached hydrogens (tertiary/aromatic N) is 2. The number of hydrogen-bond acceptors (Lipinski definition) is 4. The second kappa shape index (κ2) is 7.42. The minimum atomic E-state index is -3.01. The van der Waals surface area contributed by atoms with E-state index in [1.807, 2.05) is 18.2 Å². The zero-order chi connectivity index (χ0) is 17.0. The van der Waals surface area contributed by atoms with E-state index in [0.29, 0.717) is 25.9 Å². The predicted molar refractivity (Wildman–Crippen MR) is 95.1 cm³/mol. The van der Waals surface area contributed by atoms with Crippen molar-refractivity contribution in [3.63, 3.8) is 0 Å². The first-order valence-corrected chi connectivity index (χ1v) is 10.3. The third-order valence-electron chi connectivity index (χ3n) is 4.85. The van der Waals surface area contributed by atoms with E-state index in [4.69, 9.17) is 0 Å². The van der Waals surface area contributed by atoms with Gasteiger partial charge in [0.15, 0.2) is 9.84 Å². The maximum atomic E-state index is 12.4. The van der Waals surface area contributed by atoms with Crippen molar-refractivity contribution in [2.75, 3.05) is 43.4 Å². The molecule has 0 radical (unpaired) electrons. The Hall–Kier alpha value is -1.76. The summed E-state index contributed by atoms with van der Waals surface area (Å²) in [4.78, 5) is 16.4. The molecule has 132 valence electrons. The van der Waals surface area contributed by atoms with E-state index >= 15 is 0 Å². The van der Waals surface area contributed by atoms with Crippen LogP contribution in [0.4, 0.5) is 10.5 Å². The van der Waals surface area contributed by atoms with Crippen LogP contribution in [0.5, 0.6) is 0 Å². The summed E-state index contributed by atoms with van der Waals surface area (Å²) in [6, 6.07) is 10.1. The van der Waals surface area contributed by atoms with Crippen LogP contribution in [0.2, 0.25) is 0 Å². The molecule has 0 spiro atoms. The van der Waals surface area contributed by atoms with Crippen molar-refractivity contribution in [2.45, 2.75) is 24.5 Å². The van der Waals surface area contributed by atoms with Gasteiger partial charge in [-0.3, -0.25) is 0 Å². The molecule has 0 bridgehead atoms. The van der Waals surface area contributed by atoms with E-state index in [9.17, 15) is 13.2 Å². The number of carbonyl (C=O) groups is 1. The fourth-order valence-electron chi connectivity index (χ4n) is 3.42. The first-order valence-electron chi connectivity index (χ1n) is 8.60. The van der Waals surface area contributed by atoms with Crippen LogP contribution in [0.3, 0.4) is 0 Å². The van der Waals surface area contributed by atoms with Gasteiger partial charge in [-0.2, -0.15) is 0 Å². The highest BCUT2D eigenvalue weighted by atomic mass is 32.2. The highest BCUT2D eigenvalue weighted by Crippen LogP contribution is 2.19. The Bertz CT molecular complexity index is 663. The average Bonchev–Trinajstić information content (AvgIpc) is 2.78. The number of carbonyl (C=O) groups excluding carboxylic acids is 1. The maximum Gasteiger partial charge on any atom is 0.317 e. The van der Waals surface area contributed by atoms with Crippen molar-refractivity contribution in [3.05, 3.63) is 30.3 Å². The molecule has 6 nitrogen and oxygen atoms in total. The van der Waals surface area contributed by atoms with Crippen molar-refractivity contribution in [1.29, 1.82) is 0 Å². The molecule has 24 heavy (non-hydrogen) atoms. The summed E-state index contributed by atoms with van der Waals surface area (Å²) in [6.07, 6.45) is 2.27. The lowest BCUT2D eigenvalue weighted by atomic mass is 10.2. The molecule has 3 rings (SSSR count). The number of benzene rings is 1. The second-order valence-corrected chi connectivity index (χ2v) is 8.88. The van der Waals surface area contributed by atoms with Gasteiger partial charge < -0.3 is 15.1 Å². The van der Waals surface area contributed by atoms with Crippen LogP contribution >= 0.6 is 0 Å². The van der Waals surface area contributed by atoms with E-state index in [2.05, 4.69) is 22.3 Å². The molecule has 1 unspecified atom stereocenters. The summed E-state index contributed by atoms with van der Waals surface area (Å²) < 4.78 is 23.7. The lowest BCUT2D eigenvalue weighted by molar-refractivity contribution is 0.201. The Morgan fingerprint density at radius 2 is 1.88 bits per heavy atom. The fraction of sp³-hybridized carbons (Fsp3) is 0.588. The van der Waals surface area contributed by atoms with Gasteiger partial charge in [-0.15, -0.1) is 0 Å². The molecular weight excluding hydrogens is 326 g/mol. The quantitative estimate of drug-likeness (QED) is 0.896. The zero-order valence-corrected chi connectivity index (χ0v) is 14.7. The number of amides is 2. The van der Waals surface area contributed by atoms with Gasteiger partial charge >= 0.3 is 6.03 Å². The van der Waals surface area contributed by atoms with Gasteiger partial charge in [0.25, 0.3) is 0 Å². The smallest absolute Gasteiger partial charge is 0.317 e. The van der Waals surface area contributed by atoms with Crippen molar-refractivity contribution in [3.8, 4) is 0 Å². The number of hydrogen-bond donors (Lipinski definition) is 1. The molecule has 1 N–H and O–H groups in total. The van der Waals surface area contributed by atoms with Crippen molar-refractivity contribution < 1.29 is 13.2 Å². The van der Waals surface area contributed by atoms with Crippen LogP contribution < -0.4 is 10.2 Å². The predicted octanol–water partition coefficient (Wildman–Crippen LogP) is 1.49. The molecule has 1 atom stereocenters. The molecule has 2 amide bonds. The lowest BCUT2D eigenvalue weighted by Crippen LogP contribution is -2.45. The van der Waals surface area contributed by atoms with Gasteiger partial charge in [0, 0.05) is 38.4 Å². The number of sulfone groups is 1. The van der Waals surface area contributed by atoms with Crippen molar-refractivity contribution >= 4 is 21.6 Å². The fourth-order valence-corrected chi connectivity index (χ4v) is 5.18. The van der Waals surface area contributed by atoms with Crippen LogP contribution in [0.15, 0.2) is 30.3 Å². The van der Waals surface area contributed by atoms with E-state index in [0.717, 1.165) is 19.5 Å². The number of rotatable bonds is 3. The third kappa shape index (κ3) is 4.01. The second-order valence-electron chi connectivity index (χ2n) is 6.48. The van der Waals surface area contributed by atoms with Crippen molar-refractivity contribution in [1.82, 2.24) is 10.2 Å². The number of para-hydroxylation sites is 1. The normalized spacial score (nSPS) is 23.8. The number of anilines is 1. The minimum absolute atomic E-state index is 0.146. The summed E-state index contributed by atoms with van der Waals surface area (Å²) in [6.45, 7) is 3.30. The molecule has 2 aliphatic heterocycles. The van der Waals surface area contributed by atoms with Crippen LogP contribution in [0.1, 0.15) is 19.3 Å². The number of nitrogens with one attached hydrogen (secondary N) is 1. The monoisotopic (exact) mass is 351 g/mol. The van der Waals surface area contributed by atoms with Crippen LogP contribution in [0.25, 0.3) is 0 Å². The van der Waals surface area contributed by atoms with Gasteiger partial charge in [0.1, 0.15) is 0 Å². The Morgan fingerprint density at radius 3 is 2.58 bits per heavy atom. The molecule has 2 fully saturated rings. The van der Waals surface area contributed by atoms with Gasteiger partial charge in [-0.25, -0.2) is 13.2 Å². The Labute approximate surface area is 143 Å². The van der Waals surface area contributed by atoms with E-state index < -0.39 is 15.1 Å². The van der Waals surface area contributed by atoms with E-state index in [1.54, 1.807) is 4.90 Å². The summed E-state index contributed by atoms with van der Waals surface area (Å²) in [5, 5.41) is 2.41. The Balaban J connectivity index is 1.51. The molecular formula is C17H25N3O3S. The molecule has 2 aliphatic rings. The summed E-state index contributed by atoms with van der Waals surface area (Å²) in [7, 11) is -3.01. The molecule has 7 heteroatoms. The first kappa shape index (κ1) is 17.1. The Kier molecular flexibility index (Phi) is 5.28. The summed E-state index contributed by atoms with van der Waals surface area (Å²) in [5.74, 6) is 0.253. The third-order valence-corrected chi connectivity index (χ3v) is 7.12. The van der Waals surface area contributed by atoms with E-state index in [1.165, 1.54) is 5.69 Å². The first-order chi connectivity index (χ1) is 11.6. The van der Waals surface area contributed by atoms with Crippen LogP contribution in [0, 0.1) is 0 Å². The molecule has 1 aromatic rings. The van der Waals surface area contributed by atoms with Gasteiger partial charge in [-0.05, 0) is 31.4 Å². The van der Waals surface area contributed by atoms with Gasteiger partial charge in [-0.1, -0.05) is 18.2 Å². The van der Waals surface area contributed by atoms with Crippen LogP contribution in [-0.2, 0) is 9.84 Å². The maximum absolute atomic E-state index is 12.4. The molecule has 2 heterocycles. The Morgan fingerprint density at radius 1 is 1.08 bits per heavy atom. The van der Waals surface area contributed by atoms with E-state index in [-0.39, 0.29) is 18.3 Å².